The molecule has 0 radical (unpaired) electrons. The van der Waals surface area contributed by atoms with Crippen LogP contribution in [0.1, 0.15) is 5.82 Å². The normalized spacial score (nSPS) is 34.7. The minimum Gasteiger partial charge on any atom is -0.346 e. The molecule has 76 valence electrons. The van der Waals surface area contributed by atoms with Gasteiger partial charge in [0.15, 0.2) is 0 Å². The molecule has 1 saturated carbocycles. The number of hydrogen-bond donors (Lipinski definition) is 1. The van der Waals surface area contributed by atoms with Gasteiger partial charge in [0.2, 0.25) is 5.13 Å². The number of nitrogens with two attached hydrogens (primary N) is 1. The molecule has 4 nitrogen and oxygen atoms in total. The van der Waals surface area contributed by atoms with E-state index >= 15 is 0 Å². The summed E-state index contributed by atoms with van der Waals surface area (Å²) in [6.07, 6.45) is 0. The quantitative estimate of drug-likeness (QED) is 0.771. The van der Waals surface area contributed by atoms with E-state index in [1.165, 1.54) is 11.5 Å². The minimum atomic E-state index is 0.792. The Morgan fingerprint density at radius 2 is 2.21 bits per heavy atom. The average molecular weight is 210 g/mol. The summed E-state index contributed by atoms with van der Waals surface area (Å²) < 4.78 is 4.20. The van der Waals surface area contributed by atoms with Crippen molar-refractivity contribution in [2.45, 2.75) is 6.92 Å². The number of hydrogen-bond acceptors (Lipinski definition) is 5. The second-order valence-electron chi connectivity index (χ2n) is 4.26. The van der Waals surface area contributed by atoms with Gasteiger partial charge in [0.05, 0.1) is 0 Å². The van der Waals surface area contributed by atoms with Gasteiger partial charge < -0.3 is 10.6 Å². The van der Waals surface area contributed by atoms with Crippen LogP contribution in [0.3, 0.4) is 0 Å². The Morgan fingerprint density at radius 3 is 2.71 bits per heavy atom. The van der Waals surface area contributed by atoms with Crippen molar-refractivity contribution in [1.29, 1.82) is 0 Å². The summed E-state index contributed by atoms with van der Waals surface area (Å²) in [7, 11) is 0. The van der Waals surface area contributed by atoms with E-state index in [2.05, 4.69) is 14.3 Å². The van der Waals surface area contributed by atoms with Gasteiger partial charge in [0, 0.05) is 24.6 Å². The Kier molecular flexibility index (Phi) is 1.79. The lowest BCUT2D eigenvalue weighted by atomic mass is 10.3. The van der Waals surface area contributed by atoms with Gasteiger partial charge in [0.25, 0.3) is 0 Å². The second-order valence-corrected chi connectivity index (χ2v) is 4.99. The molecule has 14 heavy (non-hydrogen) atoms. The Labute approximate surface area is 87.3 Å². The van der Waals surface area contributed by atoms with Crippen LogP contribution >= 0.6 is 11.5 Å². The van der Waals surface area contributed by atoms with Crippen LogP contribution in [0.2, 0.25) is 0 Å². The maximum Gasteiger partial charge on any atom is 0.205 e. The smallest absolute Gasteiger partial charge is 0.205 e. The first-order chi connectivity index (χ1) is 6.79. The van der Waals surface area contributed by atoms with Gasteiger partial charge in [-0.25, -0.2) is 4.98 Å². The molecule has 0 amide bonds. The second kappa shape index (κ2) is 2.90. The molecule has 0 spiro atoms. The molecular formula is C9H14N4S. The lowest BCUT2D eigenvalue weighted by Crippen LogP contribution is -2.25. The summed E-state index contributed by atoms with van der Waals surface area (Å²) >= 11 is 1.51. The van der Waals surface area contributed by atoms with Crippen LogP contribution in [-0.2, 0) is 0 Å². The van der Waals surface area contributed by atoms with Crippen molar-refractivity contribution in [3.05, 3.63) is 5.82 Å². The maximum absolute atomic E-state index is 5.67. The van der Waals surface area contributed by atoms with E-state index in [4.69, 9.17) is 5.73 Å². The van der Waals surface area contributed by atoms with Gasteiger partial charge in [-0.15, -0.1) is 0 Å². The lowest BCUT2D eigenvalue weighted by molar-refractivity contribution is 0.646. The van der Waals surface area contributed by atoms with Gasteiger partial charge in [0.1, 0.15) is 5.82 Å². The molecule has 1 aromatic heterocycles. The van der Waals surface area contributed by atoms with E-state index in [0.29, 0.717) is 0 Å². The Morgan fingerprint density at radius 1 is 1.50 bits per heavy atom. The lowest BCUT2D eigenvalue weighted by Gasteiger charge is -2.17. The molecule has 2 fully saturated rings. The number of fused-ring (bicyclic) bond motifs is 1. The van der Waals surface area contributed by atoms with Gasteiger partial charge >= 0.3 is 0 Å². The Balaban J connectivity index is 1.69. The molecule has 1 saturated heterocycles. The molecule has 2 atom stereocenters. The van der Waals surface area contributed by atoms with Crippen LogP contribution in [0, 0.1) is 24.7 Å². The molecule has 2 aliphatic rings. The molecule has 1 aliphatic carbocycles. The summed E-state index contributed by atoms with van der Waals surface area (Å²) in [5.74, 6) is 3.36. The topological polar surface area (TPSA) is 55.0 Å². The monoisotopic (exact) mass is 210 g/mol. The highest BCUT2D eigenvalue weighted by molar-refractivity contribution is 7.09. The summed E-state index contributed by atoms with van der Waals surface area (Å²) in [5.41, 5.74) is 5.67. The molecule has 2 N–H and O–H groups in total. The fraction of sp³-hybridized carbons (Fsp3) is 0.778. The van der Waals surface area contributed by atoms with E-state index in [1.807, 2.05) is 6.92 Å². The van der Waals surface area contributed by atoms with Crippen molar-refractivity contribution in [3.63, 3.8) is 0 Å². The predicted molar refractivity (Wildman–Crippen MR) is 56.4 cm³/mol. The molecule has 0 aromatic carbocycles. The van der Waals surface area contributed by atoms with Crippen molar-refractivity contribution in [2.75, 3.05) is 24.5 Å². The van der Waals surface area contributed by atoms with Crippen molar-refractivity contribution in [3.8, 4) is 0 Å². The summed E-state index contributed by atoms with van der Waals surface area (Å²) in [6, 6.07) is 0. The largest absolute Gasteiger partial charge is 0.346 e. The highest BCUT2D eigenvalue weighted by Gasteiger charge is 2.55. The van der Waals surface area contributed by atoms with Gasteiger partial charge in [-0.3, -0.25) is 0 Å². The molecule has 1 aliphatic heterocycles. The van der Waals surface area contributed by atoms with Crippen LogP contribution in [0.4, 0.5) is 5.13 Å². The van der Waals surface area contributed by atoms with Gasteiger partial charge in [-0.2, -0.15) is 4.37 Å². The van der Waals surface area contributed by atoms with Crippen LogP contribution in [0.5, 0.6) is 0 Å². The molecule has 3 rings (SSSR count). The van der Waals surface area contributed by atoms with Crippen LogP contribution in [-0.4, -0.2) is 29.0 Å². The Hall–Kier alpha value is -0.680. The van der Waals surface area contributed by atoms with Gasteiger partial charge in [-0.05, 0) is 31.2 Å². The van der Waals surface area contributed by atoms with E-state index in [0.717, 1.165) is 48.3 Å². The fourth-order valence-corrected chi connectivity index (χ4v) is 3.26. The van der Waals surface area contributed by atoms with Gasteiger partial charge in [-0.1, -0.05) is 0 Å². The number of rotatable bonds is 2. The van der Waals surface area contributed by atoms with Crippen molar-refractivity contribution in [1.82, 2.24) is 9.36 Å². The standard InChI is InChI=1S/C9H14N4S/c1-5-11-9(14-12-5)13-3-7-6(2-10)8(7)4-13/h6-8H,2-4,10H2,1H3. The Bertz CT molecular complexity index is 338. The highest BCUT2D eigenvalue weighted by Crippen LogP contribution is 2.51. The number of aryl methyl sites for hydroxylation is 1. The first-order valence-electron chi connectivity index (χ1n) is 5.05. The number of piperidine rings is 1. The maximum atomic E-state index is 5.67. The zero-order valence-corrected chi connectivity index (χ0v) is 9.00. The van der Waals surface area contributed by atoms with Crippen LogP contribution in [0.25, 0.3) is 0 Å². The number of aromatic nitrogens is 2. The summed E-state index contributed by atoms with van der Waals surface area (Å²) in [5, 5.41) is 1.09. The van der Waals surface area contributed by atoms with Crippen molar-refractivity contribution in [2.24, 2.45) is 23.5 Å². The van der Waals surface area contributed by atoms with Crippen molar-refractivity contribution < 1.29 is 0 Å². The predicted octanol–water partition coefficient (Wildman–Crippen LogP) is 0.487. The molecule has 5 heteroatoms. The van der Waals surface area contributed by atoms with E-state index in [-0.39, 0.29) is 0 Å². The zero-order valence-electron chi connectivity index (χ0n) is 8.18. The van der Waals surface area contributed by atoms with Crippen LogP contribution in [0.15, 0.2) is 0 Å². The average Bonchev–Trinajstić information content (AvgIpc) is 2.56. The van der Waals surface area contributed by atoms with E-state index in [1.54, 1.807) is 0 Å². The molecule has 2 heterocycles. The van der Waals surface area contributed by atoms with Crippen LogP contribution < -0.4 is 10.6 Å². The summed E-state index contributed by atoms with van der Waals surface area (Å²) in [4.78, 5) is 6.75. The van der Waals surface area contributed by atoms with Crippen molar-refractivity contribution >= 4 is 16.7 Å². The molecule has 1 aromatic rings. The fourth-order valence-electron chi connectivity index (χ4n) is 2.57. The van der Waals surface area contributed by atoms with E-state index < -0.39 is 0 Å². The third-order valence-corrected chi connectivity index (χ3v) is 4.30. The summed E-state index contributed by atoms with van der Waals surface area (Å²) in [6.45, 7) is 5.08. The third kappa shape index (κ3) is 1.15. The first-order valence-corrected chi connectivity index (χ1v) is 5.82. The number of anilines is 1. The zero-order chi connectivity index (χ0) is 9.71. The first kappa shape index (κ1) is 8.61. The molecular weight excluding hydrogens is 196 g/mol. The molecule has 2 unspecified atom stereocenters. The third-order valence-electron chi connectivity index (χ3n) is 3.43. The SMILES string of the molecule is Cc1nsc(N2CC3C(CN)C3C2)n1. The number of nitrogens with zero attached hydrogens (tertiary/aromatic N) is 3. The van der Waals surface area contributed by atoms with E-state index in [9.17, 15) is 0 Å². The molecule has 0 bridgehead atoms. The highest BCUT2D eigenvalue weighted by atomic mass is 32.1. The minimum absolute atomic E-state index is 0.792.